The Labute approximate surface area is 200 Å². The van der Waals surface area contributed by atoms with Gasteiger partial charge in [0, 0.05) is 36.9 Å². The molecule has 0 amide bonds. The summed E-state index contributed by atoms with van der Waals surface area (Å²) in [5.41, 5.74) is 6.76. The SMILES string of the molecule is C=C(C)NCCCCCCC(C)CC([C@@H](CC)C(=C)N(C)[C@H](C)C(C)=O)N(C)C.C=CN. The molecule has 2 unspecified atom stereocenters. The lowest BCUT2D eigenvalue weighted by Crippen LogP contribution is -2.43. The Kier molecular flexibility index (Phi) is 19.0. The number of hydrogen-bond donors (Lipinski definition) is 2. The topological polar surface area (TPSA) is 61.6 Å². The van der Waals surface area contributed by atoms with Crippen LogP contribution in [0.3, 0.4) is 0 Å². The molecule has 0 aromatic heterocycles. The second kappa shape index (κ2) is 18.8. The lowest BCUT2D eigenvalue weighted by molar-refractivity contribution is -0.120. The summed E-state index contributed by atoms with van der Waals surface area (Å²) in [6, 6.07) is 0.333. The molecule has 0 aliphatic heterocycles. The Hall–Kier alpha value is -1.75. The molecule has 0 saturated heterocycles. The molecule has 4 atom stereocenters. The minimum atomic E-state index is -0.115. The molecule has 5 heteroatoms. The second-order valence-electron chi connectivity index (χ2n) is 9.42. The monoisotopic (exact) mass is 450 g/mol. The Morgan fingerprint density at radius 1 is 1.06 bits per heavy atom. The van der Waals surface area contributed by atoms with Crippen molar-refractivity contribution in [3.63, 3.8) is 0 Å². The van der Waals surface area contributed by atoms with Crippen LogP contribution in [0.4, 0.5) is 0 Å². The molecule has 188 valence electrons. The van der Waals surface area contributed by atoms with Crippen LogP contribution < -0.4 is 11.1 Å². The van der Waals surface area contributed by atoms with Gasteiger partial charge < -0.3 is 20.9 Å². The van der Waals surface area contributed by atoms with Gasteiger partial charge >= 0.3 is 0 Å². The van der Waals surface area contributed by atoms with Crippen molar-refractivity contribution in [3.8, 4) is 0 Å². The van der Waals surface area contributed by atoms with E-state index in [-0.39, 0.29) is 11.8 Å². The number of carbonyl (C=O) groups excluding carboxylic acids is 1. The van der Waals surface area contributed by atoms with Crippen molar-refractivity contribution < 1.29 is 4.79 Å². The summed E-state index contributed by atoms with van der Waals surface area (Å²) in [6.07, 6.45) is 9.85. The smallest absolute Gasteiger partial charge is 0.151 e. The number of hydrogen-bond acceptors (Lipinski definition) is 5. The number of rotatable bonds is 17. The van der Waals surface area contributed by atoms with Gasteiger partial charge in [-0.25, -0.2) is 0 Å². The molecule has 3 N–H and O–H groups in total. The highest BCUT2D eigenvalue weighted by atomic mass is 16.1. The third kappa shape index (κ3) is 14.3. The molecule has 0 aromatic carbocycles. The number of carbonyl (C=O) groups is 1. The molecule has 0 saturated carbocycles. The minimum absolute atomic E-state index is 0.115. The third-order valence-electron chi connectivity index (χ3n) is 6.31. The van der Waals surface area contributed by atoms with E-state index in [0.717, 1.165) is 24.4 Å². The molecular formula is C27H54N4O. The molecule has 0 spiro atoms. The number of likely N-dealkylation sites (N-methyl/N-ethyl adjacent to an activating group) is 1. The predicted octanol–water partition coefficient (Wildman–Crippen LogP) is 5.55. The fourth-order valence-electron chi connectivity index (χ4n) is 4.05. The van der Waals surface area contributed by atoms with E-state index < -0.39 is 0 Å². The average molecular weight is 451 g/mol. The largest absolute Gasteiger partial charge is 0.405 e. The fourth-order valence-corrected chi connectivity index (χ4v) is 4.05. The number of nitrogens with one attached hydrogen (secondary N) is 1. The summed E-state index contributed by atoms with van der Waals surface area (Å²) in [7, 11) is 6.36. The molecule has 0 rings (SSSR count). The van der Waals surface area contributed by atoms with Crippen LogP contribution in [0.25, 0.3) is 0 Å². The highest BCUT2D eigenvalue weighted by Gasteiger charge is 2.29. The van der Waals surface area contributed by atoms with Gasteiger partial charge in [-0.1, -0.05) is 59.3 Å². The zero-order valence-electron chi connectivity index (χ0n) is 22.5. The number of unbranched alkanes of at least 4 members (excludes halogenated alkanes) is 3. The highest BCUT2D eigenvalue weighted by Crippen LogP contribution is 2.30. The summed E-state index contributed by atoms with van der Waals surface area (Å²) in [6.45, 7) is 22.7. The van der Waals surface area contributed by atoms with Gasteiger partial charge in [0.25, 0.3) is 0 Å². The molecule has 0 aliphatic rings. The van der Waals surface area contributed by atoms with Crippen molar-refractivity contribution >= 4 is 5.78 Å². The lowest BCUT2D eigenvalue weighted by Gasteiger charge is -2.39. The molecule has 0 radical (unpaired) electrons. The number of ketones is 1. The summed E-state index contributed by atoms with van der Waals surface area (Å²) >= 11 is 0. The Morgan fingerprint density at radius 3 is 2.03 bits per heavy atom. The zero-order valence-corrected chi connectivity index (χ0v) is 22.5. The van der Waals surface area contributed by atoms with Gasteiger partial charge in [-0.3, -0.25) is 4.79 Å². The van der Waals surface area contributed by atoms with Crippen LogP contribution in [-0.4, -0.2) is 55.4 Å². The Morgan fingerprint density at radius 2 is 1.59 bits per heavy atom. The first-order chi connectivity index (χ1) is 14.9. The normalized spacial score (nSPS) is 14.4. The van der Waals surface area contributed by atoms with E-state index in [0.29, 0.717) is 17.9 Å². The third-order valence-corrected chi connectivity index (χ3v) is 6.31. The van der Waals surface area contributed by atoms with Crippen molar-refractivity contribution in [2.45, 2.75) is 91.6 Å². The number of allylic oxidation sites excluding steroid dienone is 1. The summed E-state index contributed by atoms with van der Waals surface area (Å²) in [5, 5.41) is 3.30. The maximum atomic E-state index is 11.8. The van der Waals surface area contributed by atoms with Crippen molar-refractivity contribution in [2.24, 2.45) is 17.6 Å². The zero-order chi connectivity index (χ0) is 25.3. The van der Waals surface area contributed by atoms with Gasteiger partial charge in [-0.15, -0.1) is 0 Å². The van der Waals surface area contributed by atoms with Crippen LogP contribution >= 0.6 is 0 Å². The first-order valence-electron chi connectivity index (χ1n) is 12.2. The first-order valence-corrected chi connectivity index (χ1v) is 12.2. The van der Waals surface area contributed by atoms with Crippen molar-refractivity contribution in [1.82, 2.24) is 15.1 Å². The Balaban J connectivity index is 0. The molecule has 0 heterocycles. The van der Waals surface area contributed by atoms with E-state index in [1.165, 1.54) is 44.7 Å². The van der Waals surface area contributed by atoms with Crippen LogP contribution in [0.15, 0.2) is 37.3 Å². The molecule has 5 nitrogen and oxygen atoms in total. The van der Waals surface area contributed by atoms with E-state index >= 15 is 0 Å². The highest BCUT2D eigenvalue weighted by molar-refractivity contribution is 5.81. The Bertz CT molecular complexity index is 544. The quantitative estimate of drug-likeness (QED) is 0.284. The lowest BCUT2D eigenvalue weighted by atomic mass is 9.84. The van der Waals surface area contributed by atoms with Crippen molar-refractivity contribution in [1.29, 1.82) is 0 Å². The van der Waals surface area contributed by atoms with Crippen LogP contribution in [0.2, 0.25) is 0 Å². The fraction of sp³-hybridized carbons (Fsp3) is 0.741. The number of nitrogens with zero attached hydrogens (tertiary/aromatic N) is 2. The van der Waals surface area contributed by atoms with Crippen molar-refractivity contribution in [3.05, 3.63) is 37.3 Å². The van der Waals surface area contributed by atoms with E-state index in [1.54, 1.807) is 6.92 Å². The van der Waals surface area contributed by atoms with Gasteiger partial charge in [-0.2, -0.15) is 0 Å². The molecule has 32 heavy (non-hydrogen) atoms. The van der Waals surface area contributed by atoms with Gasteiger partial charge in [0.05, 0.1) is 6.04 Å². The molecule has 0 aromatic rings. The van der Waals surface area contributed by atoms with E-state index in [1.807, 2.05) is 20.9 Å². The van der Waals surface area contributed by atoms with Crippen LogP contribution in [-0.2, 0) is 4.79 Å². The molecule has 0 fully saturated rings. The van der Waals surface area contributed by atoms with E-state index in [2.05, 4.69) is 68.5 Å². The standard InChI is InChI=1S/C25H49N3O.C2H5N/c1-11-24(22(6)28(10)21(5)23(7)29)25(27(8)9)18-20(4)16-14-12-13-15-17-26-19(2)3;1-2-3/h20-21,24-26H,2,6,11-18H2,1,3-5,7-10H3;2H,1,3H2/t20?,21-,24+,25?;/m1./s1. The predicted molar refractivity (Wildman–Crippen MR) is 142 cm³/mol. The van der Waals surface area contributed by atoms with Gasteiger partial charge in [0.2, 0.25) is 0 Å². The summed E-state index contributed by atoms with van der Waals surface area (Å²) in [4.78, 5) is 16.3. The van der Waals surface area contributed by atoms with Crippen LogP contribution in [0, 0.1) is 11.8 Å². The average Bonchev–Trinajstić information content (AvgIpc) is 2.71. The first kappa shape index (κ1) is 32.4. The van der Waals surface area contributed by atoms with Gasteiger partial charge in [0.1, 0.15) is 0 Å². The molecule has 0 aliphatic carbocycles. The molecular weight excluding hydrogens is 396 g/mol. The van der Waals surface area contributed by atoms with Crippen LogP contribution in [0.5, 0.6) is 0 Å². The minimum Gasteiger partial charge on any atom is -0.405 e. The second-order valence-corrected chi connectivity index (χ2v) is 9.42. The van der Waals surface area contributed by atoms with E-state index in [9.17, 15) is 4.79 Å². The summed E-state index contributed by atoms with van der Waals surface area (Å²) < 4.78 is 0. The van der Waals surface area contributed by atoms with Crippen LogP contribution in [0.1, 0.15) is 79.6 Å². The number of Topliss-reactive ketones (excluding diaryl/α,β-unsaturated/α-hetero) is 1. The molecule has 0 bridgehead atoms. The number of nitrogens with two attached hydrogens (primary N) is 1. The van der Waals surface area contributed by atoms with Gasteiger partial charge in [0.15, 0.2) is 5.78 Å². The maximum Gasteiger partial charge on any atom is 0.151 e. The van der Waals surface area contributed by atoms with Crippen molar-refractivity contribution in [2.75, 3.05) is 27.7 Å². The van der Waals surface area contributed by atoms with Gasteiger partial charge in [-0.05, 0) is 66.2 Å². The maximum absolute atomic E-state index is 11.8. The van der Waals surface area contributed by atoms with E-state index in [4.69, 9.17) is 0 Å². The summed E-state index contributed by atoms with van der Waals surface area (Å²) in [5.74, 6) is 1.25.